The van der Waals surface area contributed by atoms with Crippen LogP contribution in [0.5, 0.6) is 17.2 Å². The Morgan fingerprint density at radius 3 is 2.67 bits per heavy atom. The molecular weight excluding hydrogens is 342 g/mol. The van der Waals surface area contributed by atoms with E-state index >= 15 is 0 Å². The topological polar surface area (TPSA) is 64.1 Å². The van der Waals surface area contributed by atoms with Crippen molar-refractivity contribution in [3.63, 3.8) is 0 Å². The number of nitrogens with zero attached hydrogens (tertiary/aromatic N) is 1. The maximum atomic E-state index is 5.70. The van der Waals surface area contributed by atoms with Crippen LogP contribution in [0.4, 0.5) is 0 Å². The summed E-state index contributed by atoms with van der Waals surface area (Å²) in [6, 6.07) is 16.1. The highest BCUT2D eigenvalue weighted by molar-refractivity contribution is 5.79. The first-order valence-electron chi connectivity index (χ1n) is 9.32. The largest absolute Gasteiger partial charge is 0.492 e. The average molecular weight is 367 g/mol. The molecule has 6 heteroatoms. The predicted octanol–water partition coefficient (Wildman–Crippen LogP) is 2.69. The Bertz CT molecular complexity index is 804. The fraction of sp³-hybridized carbons (Fsp3) is 0.381. The van der Waals surface area contributed by atoms with Crippen LogP contribution in [0, 0.1) is 0 Å². The number of aliphatic imine (C=N–C) groups is 1. The number of benzene rings is 2. The molecule has 0 atom stereocenters. The van der Waals surface area contributed by atoms with Crippen molar-refractivity contribution < 1.29 is 14.2 Å². The molecule has 0 radical (unpaired) electrons. The molecule has 1 aliphatic carbocycles. The Morgan fingerprint density at radius 2 is 1.89 bits per heavy atom. The minimum Gasteiger partial charge on any atom is -0.492 e. The van der Waals surface area contributed by atoms with E-state index < -0.39 is 0 Å². The van der Waals surface area contributed by atoms with E-state index in [0.717, 1.165) is 42.6 Å². The minimum absolute atomic E-state index is 0.152. The zero-order valence-electron chi connectivity index (χ0n) is 15.5. The van der Waals surface area contributed by atoms with Gasteiger partial charge in [0.2, 0.25) is 6.79 Å². The molecular formula is C21H25N3O3. The first-order chi connectivity index (χ1) is 13.3. The third-order valence-electron chi connectivity index (χ3n) is 5.06. The summed E-state index contributed by atoms with van der Waals surface area (Å²) in [7, 11) is 1.79. The molecule has 2 aromatic rings. The van der Waals surface area contributed by atoms with Gasteiger partial charge in [0.05, 0.1) is 6.54 Å². The van der Waals surface area contributed by atoms with Crippen molar-refractivity contribution in [1.82, 2.24) is 10.6 Å². The number of para-hydroxylation sites is 1. The highest BCUT2D eigenvalue weighted by atomic mass is 16.7. The summed E-state index contributed by atoms with van der Waals surface area (Å²) in [6.45, 7) is 2.42. The summed E-state index contributed by atoms with van der Waals surface area (Å²) in [5.74, 6) is 3.35. The highest BCUT2D eigenvalue weighted by Crippen LogP contribution is 2.49. The SMILES string of the molecule is CN=C(NCCOc1ccccc1)NCC1(c2ccc3c(c2)OCO3)CC1. The second-order valence-corrected chi connectivity index (χ2v) is 6.86. The number of rotatable bonds is 7. The lowest BCUT2D eigenvalue weighted by Crippen LogP contribution is -2.42. The molecule has 4 rings (SSSR count). The van der Waals surface area contributed by atoms with Crippen LogP contribution in [-0.4, -0.2) is 39.5 Å². The predicted molar refractivity (Wildman–Crippen MR) is 105 cm³/mol. The van der Waals surface area contributed by atoms with E-state index in [2.05, 4.69) is 27.8 Å². The molecule has 2 N–H and O–H groups in total. The molecule has 0 bridgehead atoms. The molecule has 27 heavy (non-hydrogen) atoms. The average Bonchev–Trinajstić information content (AvgIpc) is 3.36. The molecule has 1 aliphatic heterocycles. The van der Waals surface area contributed by atoms with Gasteiger partial charge in [0.15, 0.2) is 17.5 Å². The summed E-state index contributed by atoms with van der Waals surface area (Å²) in [5.41, 5.74) is 1.45. The molecule has 2 aromatic carbocycles. The Balaban J connectivity index is 1.25. The second-order valence-electron chi connectivity index (χ2n) is 6.86. The maximum Gasteiger partial charge on any atom is 0.231 e. The minimum atomic E-state index is 0.152. The van der Waals surface area contributed by atoms with Gasteiger partial charge in [-0.1, -0.05) is 24.3 Å². The lowest BCUT2D eigenvalue weighted by molar-refractivity contribution is 0.174. The number of guanidine groups is 1. The quantitative estimate of drug-likeness (QED) is 0.448. The number of hydrogen-bond donors (Lipinski definition) is 2. The summed E-state index contributed by atoms with van der Waals surface area (Å²) < 4.78 is 16.6. The molecule has 0 saturated heterocycles. The second kappa shape index (κ2) is 7.78. The monoisotopic (exact) mass is 367 g/mol. The van der Waals surface area contributed by atoms with E-state index in [1.54, 1.807) is 7.05 Å². The van der Waals surface area contributed by atoms with Crippen molar-refractivity contribution in [2.75, 3.05) is 33.5 Å². The molecule has 142 valence electrons. The van der Waals surface area contributed by atoms with E-state index in [1.165, 1.54) is 5.56 Å². The number of ether oxygens (including phenoxy) is 3. The Labute approximate surface area is 159 Å². The zero-order chi connectivity index (χ0) is 18.5. The normalized spacial score (nSPS) is 16.7. The van der Waals surface area contributed by atoms with Gasteiger partial charge in [0.25, 0.3) is 0 Å². The standard InChI is InChI=1S/C21H25N3O3/c1-22-20(23-11-12-25-17-5-3-2-4-6-17)24-14-21(9-10-21)16-7-8-18-19(13-16)27-15-26-18/h2-8,13H,9-12,14-15H2,1H3,(H2,22,23,24). The lowest BCUT2D eigenvalue weighted by atomic mass is 9.95. The summed E-state index contributed by atoms with van der Waals surface area (Å²) in [6.07, 6.45) is 2.32. The number of nitrogens with one attached hydrogen (secondary N) is 2. The summed E-state index contributed by atoms with van der Waals surface area (Å²) in [4.78, 5) is 4.31. The molecule has 0 aromatic heterocycles. The maximum absolute atomic E-state index is 5.70. The van der Waals surface area contributed by atoms with Gasteiger partial charge in [-0.05, 0) is 42.7 Å². The van der Waals surface area contributed by atoms with Crippen molar-refractivity contribution in [2.45, 2.75) is 18.3 Å². The van der Waals surface area contributed by atoms with Crippen LogP contribution in [0.25, 0.3) is 0 Å². The Morgan fingerprint density at radius 1 is 1.07 bits per heavy atom. The van der Waals surface area contributed by atoms with Crippen LogP contribution in [0.2, 0.25) is 0 Å². The number of hydrogen-bond acceptors (Lipinski definition) is 4. The van der Waals surface area contributed by atoms with Crippen LogP contribution in [-0.2, 0) is 5.41 Å². The van der Waals surface area contributed by atoms with Crippen molar-refractivity contribution in [3.8, 4) is 17.2 Å². The molecule has 1 fully saturated rings. The van der Waals surface area contributed by atoms with E-state index in [4.69, 9.17) is 14.2 Å². The van der Waals surface area contributed by atoms with E-state index in [-0.39, 0.29) is 5.41 Å². The van der Waals surface area contributed by atoms with E-state index in [1.807, 2.05) is 36.4 Å². The summed E-state index contributed by atoms with van der Waals surface area (Å²) in [5, 5.41) is 6.75. The smallest absolute Gasteiger partial charge is 0.231 e. The third kappa shape index (κ3) is 4.10. The molecule has 6 nitrogen and oxygen atoms in total. The van der Waals surface area contributed by atoms with Crippen molar-refractivity contribution >= 4 is 5.96 Å². The molecule has 1 heterocycles. The fourth-order valence-corrected chi connectivity index (χ4v) is 3.27. The summed E-state index contributed by atoms with van der Waals surface area (Å²) >= 11 is 0. The molecule has 1 saturated carbocycles. The van der Waals surface area contributed by atoms with Gasteiger partial charge in [-0.2, -0.15) is 0 Å². The van der Waals surface area contributed by atoms with Gasteiger partial charge >= 0.3 is 0 Å². The van der Waals surface area contributed by atoms with Gasteiger partial charge in [0, 0.05) is 19.0 Å². The Hall–Kier alpha value is -2.89. The van der Waals surface area contributed by atoms with Gasteiger partial charge in [0.1, 0.15) is 12.4 Å². The van der Waals surface area contributed by atoms with Gasteiger partial charge < -0.3 is 24.8 Å². The third-order valence-corrected chi connectivity index (χ3v) is 5.06. The molecule has 0 unspecified atom stereocenters. The molecule has 0 amide bonds. The lowest BCUT2D eigenvalue weighted by Gasteiger charge is -2.19. The van der Waals surface area contributed by atoms with Gasteiger partial charge in [-0.25, -0.2) is 0 Å². The van der Waals surface area contributed by atoms with Crippen LogP contribution >= 0.6 is 0 Å². The Kier molecular flexibility index (Phi) is 5.05. The van der Waals surface area contributed by atoms with Gasteiger partial charge in [-0.15, -0.1) is 0 Å². The first kappa shape index (κ1) is 17.5. The van der Waals surface area contributed by atoms with Crippen LogP contribution in [0.15, 0.2) is 53.5 Å². The van der Waals surface area contributed by atoms with Gasteiger partial charge in [-0.3, -0.25) is 4.99 Å². The van der Waals surface area contributed by atoms with Crippen molar-refractivity contribution in [2.24, 2.45) is 4.99 Å². The molecule has 2 aliphatic rings. The molecule has 0 spiro atoms. The van der Waals surface area contributed by atoms with Crippen LogP contribution in [0.3, 0.4) is 0 Å². The van der Waals surface area contributed by atoms with Crippen LogP contribution < -0.4 is 24.8 Å². The van der Waals surface area contributed by atoms with Crippen molar-refractivity contribution in [1.29, 1.82) is 0 Å². The van der Waals surface area contributed by atoms with E-state index in [9.17, 15) is 0 Å². The van der Waals surface area contributed by atoms with E-state index in [0.29, 0.717) is 19.9 Å². The highest BCUT2D eigenvalue weighted by Gasteiger charge is 2.44. The van der Waals surface area contributed by atoms with Crippen molar-refractivity contribution in [3.05, 3.63) is 54.1 Å². The first-order valence-corrected chi connectivity index (χ1v) is 9.32. The number of fused-ring (bicyclic) bond motifs is 1. The fourth-order valence-electron chi connectivity index (χ4n) is 3.27. The zero-order valence-corrected chi connectivity index (χ0v) is 15.5. The van der Waals surface area contributed by atoms with Crippen LogP contribution in [0.1, 0.15) is 18.4 Å².